The number of ketones is 1. The van der Waals surface area contributed by atoms with Crippen molar-refractivity contribution < 1.29 is 23.5 Å². The molecule has 4 heterocycles. The van der Waals surface area contributed by atoms with Crippen molar-refractivity contribution in [3.8, 4) is 0 Å². The third kappa shape index (κ3) is 4.54. The van der Waals surface area contributed by atoms with E-state index in [9.17, 15) is 14.4 Å². The van der Waals surface area contributed by atoms with Gasteiger partial charge < -0.3 is 15.8 Å². The van der Waals surface area contributed by atoms with Crippen molar-refractivity contribution in [2.75, 3.05) is 11.9 Å². The number of nitrogens with one attached hydrogen (secondary N) is 1. The van der Waals surface area contributed by atoms with Crippen LogP contribution in [0.1, 0.15) is 82.3 Å². The van der Waals surface area contributed by atoms with Gasteiger partial charge in [-0.25, -0.2) is 14.4 Å². The van der Waals surface area contributed by atoms with Crippen LogP contribution in [0.4, 0.5) is 10.1 Å². The second-order valence-electron chi connectivity index (χ2n) is 13.4. The Kier molecular flexibility index (Phi) is 7.38. The number of nitrogens with two attached hydrogens (primary N) is 1. The van der Waals surface area contributed by atoms with E-state index in [0.29, 0.717) is 43.4 Å². The lowest BCUT2D eigenvalue weighted by Crippen LogP contribution is -2.52. The van der Waals surface area contributed by atoms with Crippen molar-refractivity contribution in [1.29, 1.82) is 0 Å². The molecule has 2 spiro atoms. The largest absolute Gasteiger partial charge is 0.368 e. The van der Waals surface area contributed by atoms with Gasteiger partial charge in [-0.3, -0.25) is 14.4 Å². The summed E-state index contributed by atoms with van der Waals surface area (Å²) in [5.74, 6) is -3.16. The Morgan fingerprint density at radius 3 is 2.57 bits per heavy atom. The highest BCUT2D eigenvalue weighted by Gasteiger charge is 2.72. The number of nitrogens with zero attached hydrogens (tertiary/aromatic N) is 2. The number of amides is 2. The average Bonchev–Trinajstić information content (AvgIpc) is 3.40. The minimum Gasteiger partial charge on any atom is -0.368 e. The summed E-state index contributed by atoms with van der Waals surface area (Å²) in [7, 11) is 0. The zero-order valence-electron chi connectivity index (χ0n) is 23.7. The Bertz CT molecular complexity index is 1450. The van der Waals surface area contributed by atoms with E-state index in [1.54, 1.807) is 18.3 Å². The maximum absolute atomic E-state index is 16.0. The lowest BCUT2D eigenvalue weighted by Gasteiger charge is -2.50. The van der Waals surface area contributed by atoms with Crippen LogP contribution in [0, 0.1) is 28.5 Å². The number of hydrogen-bond donors (Lipinski definition) is 2. The normalized spacial score (nSPS) is 31.2. The molecular formula is C31H35Cl2FN4O4. The number of aromatic nitrogens is 2. The molecule has 3 fully saturated rings. The second-order valence-corrected chi connectivity index (χ2v) is 14.1. The topological polar surface area (TPSA) is 124 Å². The van der Waals surface area contributed by atoms with Gasteiger partial charge in [0.1, 0.15) is 17.0 Å². The maximum atomic E-state index is 16.0. The quantitative estimate of drug-likeness (QED) is 0.413. The van der Waals surface area contributed by atoms with Crippen molar-refractivity contribution in [2.45, 2.75) is 82.7 Å². The number of hydrogen-bond acceptors (Lipinski definition) is 6. The summed E-state index contributed by atoms with van der Waals surface area (Å²) in [6, 6.07) is 3.18. The third-order valence-corrected chi connectivity index (χ3v) is 11.1. The van der Waals surface area contributed by atoms with E-state index < -0.39 is 40.5 Å². The molecule has 224 valence electrons. The predicted molar refractivity (Wildman–Crippen MR) is 156 cm³/mol. The minimum atomic E-state index is -1.26. The van der Waals surface area contributed by atoms with Gasteiger partial charge in [0.2, 0.25) is 11.8 Å². The first-order valence-corrected chi connectivity index (χ1v) is 15.4. The van der Waals surface area contributed by atoms with Gasteiger partial charge in [-0.1, -0.05) is 37.0 Å². The SMILES string of the molecule is CC1(C)CCC2(CC1)C[C@@H](C(=O)C[C@@H]1CC[C@@H](C(N)=O)OC1)[C@H](c1ccnc(Cl)c1F)[C@]21C(=O)Nc2cc(Cl)ncc21. The van der Waals surface area contributed by atoms with Gasteiger partial charge in [-0.05, 0) is 79.4 Å². The molecule has 8 nitrogen and oxygen atoms in total. The monoisotopic (exact) mass is 616 g/mol. The Labute approximate surface area is 254 Å². The van der Waals surface area contributed by atoms with Crippen LogP contribution in [0.2, 0.25) is 10.3 Å². The number of Topliss-reactive ketones (excluding diaryl/α,β-unsaturated/α-hetero) is 1. The highest BCUT2D eigenvalue weighted by Crippen LogP contribution is 2.72. The summed E-state index contributed by atoms with van der Waals surface area (Å²) in [5.41, 5.74) is 5.00. The van der Waals surface area contributed by atoms with E-state index in [0.717, 1.165) is 12.8 Å². The number of ether oxygens (including phenoxy) is 1. The number of carbonyl (C=O) groups is 3. The predicted octanol–water partition coefficient (Wildman–Crippen LogP) is 5.74. The van der Waals surface area contributed by atoms with Crippen molar-refractivity contribution in [3.05, 3.63) is 51.8 Å². The first kappa shape index (κ1) is 29.5. The number of halogens is 3. The van der Waals surface area contributed by atoms with Gasteiger partial charge in [0, 0.05) is 41.9 Å². The molecule has 0 aromatic carbocycles. The zero-order valence-corrected chi connectivity index (χ0v) is 25.2. The fourth-order valence-electron chi connectivity index (χ4n) is 8.41. The smallest absolute Gasteiger partial charge is 0.246 e. The molecule has 2 saturated carbocycles. The first-order chi connectivity index (χ1) is 19.9. The Balaban J connectivity index is 1.49. The summed E-state index contributed by atoms with van der Waals surface area (Å²) in [6.45, 7) is 4.68. The van der Waals surface area contributed by atoms with Crippen molar-refractivity contribution in [2.24, 2.45) is 28.4 Å². The number of anilines is 1. The first-order valence-electron chi connectivity index (χ1n) is 14.6. The van der Waals surface area contributed by atoms with Gasteiger partial charge in [-0.15, -0.1) is 0 Å². The summed E-state index contributed by atoms with van der Waals surface area (Å²) < 4.78 is 21.7. The van der Waals surface area contributed by atoms with Gasteiger partial charge in [0.25, 0.3) is 0 Å². The summed E-state index contributed by atoms with van der Waals surface area (Å²) in [5, 5.41) is 2.98. The summed E-state index contributed by atoms with van der Waals surface area (Å²) in [4.78, 5) is 48.8. The highest BCUT2D eigenvalue weighted by molar-refractivity contribution is 6.30. The van der Waals surface area contributed by atoms with Crippen LogP contribution in [0.5, 0.6) is 0 Å². The lowest BCUT2D eigenvalue weighted by molar-refractivity contribution is -0.135. The molecule has 1 saturated heterocycles. The molecule has 0 bridgehead atoms. The van der Waals surface area contributed by atoms with E-state index in [1.165, 1.54) is 6.20 Å². The summed E-state index contributed by atoms with van der Waals surface area (Å²) >= 11 is 12.5. The minimum absolute atomic E-state index is 0.0530. The zero-order chi connectivity index (χ0) is 30.0. The molecular weight excluding hydrogens is 582 g/mol. The Morgan fingerprint density at radius 2 is 1.90 bits per heavy atom. The molecule has 2 amide bonds. The molecule has 5 atom stereocenters. The molecule has 0 unspecified atom stereocenters. The van der Waals surface area contributed by atoms with Gasteiger partial charge >= 0.3 is 0 Å². The van der Waals surface area contributed by atoms with Crippen LogP contribution in [-0.4, -0.2) is 40.3 Å². The molecule has 11 heteroatoms. The van der Waals surface area contributed by atoms with Crippen LogP contribution in [0.3, 0.4) is 0 Å². The van der Waals surface area contributed by atoms with Crippen molar-refractivity contribution in [3.63, 3.8) is 0 Å². The number of pyridine rings is 2. The van der Waals surface area contributed by atoms with E-state index in [4.69, 9.17) is 33.7 Å². The molecule has 2 aromatic rings. The van der Waals surface area contributed by atoms with Crippen LogP contribution < -0.4 is 11.1 Å². The standard InChI is InChI=1S/C31H35Cl2FN4O4/c1-29(2)6-8-30(9-7-29)13-18(21(39)11-16-3-4-22(27(35)40)42-15-16)24(17-5-10-36-26(33)25(17)34)31(30)19-14-37-23(32)12-20(19)38-28(31)41/h5,10,12,14,16,18,22,24H,3-4,6-9,11,13,15H2,1-2H3,(H2,35,40)(H,38,41)/t16-,18-,22-,24-,31+/m0/s1. The van der Waals surface area contributed by atoms with Crippen LogP contribution in [-0.2, 0) is 24.5 Å². The average molecular weight is 618 g/mol. The van der Waals surface area contributed by atoms with E-state index in [1.807, 2.05) is 0 Å². The molecule has 2 aromatic heterocycles. The molecule has 6 rings (SSSR count). The van der Waals surface area contributed by atoms with Gasteiger partial charge in [0.05, 0.1) is 12.0 Å². The van der Waals surface area contributed by atoms with E-state index >= 15 is 4.39 Å². The highest BCUT2D eigenvalue weighted by atomic mass is 35.5. The lowest BCUT2D eigenvalue weighted by atomic mass is 9.51. The third-order valence-electron chi connectivity index (χ3n) is 10.6. The number of carbonyl (C=O) groups excluding carboxylic acids is 3. The molecule has 2 aliphatic heterocycles. The molecule has 0 radical (unpaired) electrons. The fraction of sp³-hybridized carbons (Fsp3) is 0.581. The van der Waals surface area contributed by atoms with E-state index in [2.05, 4.69) is 29.1 Å². The van der Waals surface area contributed by atoms with Crippen LogP contribution in [0.25, 0.3) is 0 Å². The molecule has 4 aliphatic rings. The molecule has 2 aliphatic carbocycles. The Morgan fingerprint density at radius 1 is 1.17 bits per heavy atom. The fourth-order valence-corrected chi connectivity index (χ4v) is 8.73. The summed E-state index contributed by atoms with van der Waals surface area (Å²) in [6.07, 6.45) is 7.19. The molecule has 42 heavy (non-hydrogen) atoms. The number of fused-ring (bicyclic) bond motifs is 3. The van der Waals surface area contributed by atoms with Crippen molar-refractivity contribution >= 4 is 46.5 Å². The van der Waals surface area contributed by atoms with Crippen molar-refractivity contribution in [1.82, 2.24) is 9.97 Å². The second kappa shape index (κ2) is 10.5. The van der Waals surface area contributed by atoms with Crippen LogP contribution >= 0.6 is 23.2 Å². The maximum Gasteiger partial charge on any atom is 0.246 e. The van der Waals surface area contributed by atoms with Gasteiger partial charge in [0.15, 0.2) is 11.0 Å². The number of rotatable bonds is 5. The number of primary amides is 1. The van der Waals surface area contributed by atoms with Gasteiger partial charge in [-0.2, -0.15) is 0 Å². The van der Waals surface area contributed by atoms with Crippen LogP contribution in [0.15, 0.2) is 24.5 Å². The Hall–Kier alpha value is -2.62. The molecule has 3 N–H and O–H groups in total. The van der Waals surface area contributed by atoms with E-state index in [-0.39, 0.29) is 51.9 Å².